The molecule has 0 aromatic heterocycles. The van der Waals surface area contributed by atoms with Crippen LogP contribution in [0.25, 0.3) is 0 Å². The Labute approximate surface area is 109 Å². The first-order valence-corrected chi connectivity index (χ1v) is 6.80. The van der Waals surface area contributed by atoms with Crippen LogP contribution in [0.5, 0.6) is 5.75 Å². The third-order valence-electron chi connectivity index (χ3n) is 3.40. The second-order valence-electron chi connectivity index (χ2n) is 4.90. The van der Waals surface area contributed by atoms with Crippen molar-refractivity contribution in [2.45, 2.75) is 19.3 Å². The molecule has 1 unspecified atom stereocenters. The van der Waals surface area contributed by atoms with Crippen LogP contribution in [0.2, 0.25) is 0 Å². The van der Waals surface area contributed by atoms with Crippen molar-refractivity contribution >= 4 is 0 Å². The lowest BCUT2D eigenvalue weighted by molar-refractivity contribution is 0.146. The van der Waals surface area contributed by atoms with E-state index in [4.69, 9.17) is 9.47 Å². The summed E-state index contributed by atoms with van der Waals surface area (Å²) in [5.74, 6) is 1.72. The van der Waals surface area contributed by atoms with Crippen molar-refractivity contribution in [3.63, 3.8) is 0 Å². The van der Waals surface area contributed by atoms with Gasteiger partial charge in [0.05, 0.1) is 6.61 Å². The number of rotatable bonds is 6. The van der Waals surface area contributed by atoms with E-state index >= 15 is 0 Å². The van der Waals surface area contributed by atoms with Gasteiger partial charge < -0.3 is 14.8 Å². The maximum Gasteiger partial charge on any atom is 0.119 e. The summed E-state index contributed by atoms with van der Waals surface area (Å²) < 4.78 is 10.5. The molecule has 1 N–H and O–H groups in total. The zero-order valence-electron chi connectivity index (χ0n) is 11.2. The summed E-state index contributed by atoms with van der Waals surface area (Å²) in [6, 6.07) is 8.47. The van der Waals surface area contributed by atoms with Crippen molar-refractivity contribution in [3.8, 4) is 5.75 Å². The number of ether oxygens (including phenoxy) is 2. The first kappa shape index (κ1) is 13.4. The average molecular weight is 249 g/mol. The number of benzene rings is 1. The van der Waals surface area contributed by atoms with Crippen molar-refractivity contribution in [2.75, 3.05) is 33.4 Å². The summed E-state index contributed by atoms with van der Waals surface area (Å²) >= 11 is 0. The summed E-state index contributed by atoms with van der Waals surface area (Å²) in [4.78, 5) is 0. The lowest BCUT2D eigenvalue weighted by Crippen LogP contribution is -2.30. The lowest BCUT2D eigenvalue weighted by Gasteiger charge is -2.22. The van der Waals surface area contributed by atoms with Gasteiger partial charge in [0.1, 0.15) is 12.4 Å². The average Bonchev–Trinajstić information content (AvgIpc) is 2.42. The van der Waals surface area contributed by atoms with Gasteiger partial charge in [0.2, 0.25) is 0 Å². The minimum atomic E-state index is 0.613. The standard InChI is InChI=1S/C15H23NO2/c1-17-9-10-18-15-6-4-13(5-7-15)11-14-3-2-8-16-12-14/h4-7,14,16H,2-3,8-12H2,1H3. The Balaban J connectivity index is 1.79. The lowest BCUT2D eigenvalue weighted by atomic mass is 9.92. The van der Waals surface area contributed by atoms with Crippen LogP contribution < -0.4 is 10.1 Å². The van der Waals surface area contributed by atoms with Gasteiger partial charge in [0, 0.05) is 7.11 Å². The van der Waals surface area contributed by atoms with Gasteiger partial charge in [-0.25, -0.2) is 0 Å². The minimum absolute atomic E-state index is 0.613. The summed E-state index contributed by atoms with van der Waals surface area (Å²) in [5, 5.41) is 3.46. The van der Waals surface area contributed by atoms with Gasteiger partial charge in [-0.3, -0.25) is 0 Å². The molecule has 3 heteroatoms. The second-order valence-corrected chi connectivity index (χ2v) is 4.90. The van der Waals surface area contributed by atoms with Crippen molar-refractivity contribution in [3.05, 3.63) is 29.8 Å². The molecule has 1 aliphatic heterocycles. The molecule has 0 saturated carbocycles. The predicted molar refractivity (Wildman–Crippen MR) is 73.1 cm³/mol. The molecular weight excluding hydrogens is 226 g/mol. The van der Waals surface area contributed by atoms with E-state index in [1.807, 2.05) is 0 Å². The highest BCUT2D eigenvalue weighted by Crippen LogP contribution is 2.18. The molecule has 2 rings (SSSR count). The molecule has 1 saturated heterocycles. The Morgan fingerprint density at radius 1 is 1.22 bits per heavy atom. The Morgan fingerprint density at radius 3 is 2.72 bits per heavy atom. The zero-order valence-corrected chi connectivity index (χ0v) is 11.2. The van der Waals surface area contributed by atoms with E-state index in [9.17, 15) is 0 Å². The van der Waals surface area contributed by atoms with Gasteiger partial charge in [-0.1, -0.05) is 12.1 Å². The van der Waals surface area contributed by atoms with Crippen LogP contribution in [0.3, 0.4) is 0 Å². The molecular formula is C15H23NO2. The fourth-order valence-electron chi connectivity index (χ4n) is 2.40. The van der Waals surface area contributed by atoms with E-state index < -0.39 is 0 Å². The van der Waals surface area contributed by atoms with Gasteiger partial charge in [-0.05, 0) is 56.0 Å². The summed E-state index contributed by atoms with van der Waals surface area (Å²) in [5.41, 5.74) is 1.41. The Hall–Kier alpha value is -1.06. The summed E-state index contributed by atoms with van der Waals surface area (Å²) in [6.07, 6.45) is 3.83. The smallest absolute Gasteiger partial charge is 0.119 e. The summed E-state index contributed by atoms with van der Waals surface area (Å²) in [6.45, 7) is 3.59. The van der Waals surface area contributed by atoms with Gasteiger partial charge in [0.25, 0.3) is 0 Å². The quantitative estimate of drug-likeness (QED) is 0.784. The highest BCUT2D eigenvalue weighted by molar-refractivity contribution is 5.27. The normalized spacial score (nSPS) is 19.7. The molecule has 1 fully saturated rings. The van der Waals surface area contributed by atoms with E-state index in [0.29, 0.717) is 13.2 Å². The molecule has 0 aliphatic carbocycles. The van der Waals surface area contributed by atoms with Crippen LogP contribution in [0.4, 0.5) is 0 Å². The molecule has 0 radical (unpaired) electrons. The number of piperidine rings is 1. The van der Waals surface area contributed by atoms with Crippen molar-refractivity contribution in [1.82, 2.24) is 5.32 Å². The molecule has 18 heavy (non-hydrogen) atoms. The van der Waals surface area contributed by atoms with Gasteiger partial charge in [-0.15, -0.1) is 0 Å². The molecule has 100 valence electrons. The van der Waals surface area contributed by atoms with E-state index in [2.05, 4.69) is 29.6 Å². The Bertz CT molecular complexity index is 331. The number of nitrogens with one attached hydrogen (secondary N) is 1. The van der Waals surface area contributed by atoms with Gasteiger partial charge >= 0.3 is 0 Å². The molecule has 0 spiro atoms. The molecule has 3 nitrogen and oxygen atoms in total. The predicted octanol–water partition coefficient (Wildman–Crippen LogP) is 2.25. The van der Waals surface area contributed by atoms with E-state index in [0.717, 1.165) is 18.2 Å². The molecule has 1 atom stereocenters. The number of hydrogen-bond acceptors (Lipinski definition) is 3. The van der Waals surface area contributed by atoms with Gasteiger partial charge in [-0.2, -0.15) is 0 Å². The SMILES string of the molecule is COCCOc1ccc(CC2CCCNC2)cc1. The minimum Gasteiger partial charge on any atom is -0.491 e. The Kier molecular flexibility index (Phi) is 5.49. The Morgan fingerprint density at radius 2 is 2.06 bits per heavy atom. The van der Waals surface area contributed by atoms with E-state index in [-0.39, 0.29) is 0 Å². The molecule has 1 aromatic rings. The van der Waals surface area contributed by atoms with Crippen LogP contribution in [0.1, 0.15) is 18.4 Å². The fourth-order valence-corrected chi connectivity index (χ4v) is 2.40. The van der Waals surface area contributed by atoms with Crippen molar-refractivity contribution < 1.29 is 9.47 Å². The molecule has 0 bridgehead atoms. The molecule has 1 aliphatic rings. The topological polar surface area (TPSA) is 30.5 Å². The first-order chi connectivity index (χ1) is 8.88. The van der Waals surface area contributed by atoms with Crippen molar-refractivity contribution in [2.24, 2.45) is 5.92 Å². The molecule has 1 aromatic carbocycles. The summed E-state index contributed by atoms with van der Waals surface area (Å²) in [7, 11) is 1.69. The fraction of sp³-hybridized carbons (Fsp3) is 0.600. The zero-order chi connectivity index (χ0) is 12.6. The maximum atomic E-state index is 5.55. The number of hydrogen-bond donors (Lipinski definition) is 1. The first-order valence-electron chi connectivity index (χ1n) is 6.80. The monoisotopic (exact) mass is 249 g/mol. The highest BCUT2D eigenvalue weighted by atomic mass is 16.5. The number of methoxy groups -OCH3 is 1. The van der Waals surface area contributed by atoms with Crippen LogP contribution in [-0.4, -0.2) is 33.4 Å². The van der Waals surface area contributed by atoms with Crippen LogP contribution in [0, 0.1) is 5.92 Å². The third-order valence-corrected chi connectivity index (χ3v) is 3.40. The molecule has 0 amide bonds. The van der Waals surface area contributed by atoms with E-state index in [1.54, 1.807) is 7.11 Å². The third kappa shape index (κ3) is 4.31. The highest BCUT2D eigenvalue weighted by Gasteiger charge is 2.13. The van der Waals surface area contributed by atoms with Crippen LogP contribution in [-0.2, 0) is 11.2 Å². The van der Waals surface area contributed by atoms with Crippen molar-refractivity contribution in [1.29, 1.82) is 0 Å². The van der Waals surface area contributed by atoms with Crippen LogP contribution >= 0.6 is 0 Å². The van der Waals surface area contributed by atoms with Crippen LogP contribution in [0.15, 0.2) is 24.3 Å². The second kappa shape index (κ2) is 7.39. The molecule has 1 heterocycles. The maximum absolute atomic E-state index is 5.55. The largest absolute Gasteiger partial charge is 0.491 e. The van der Waals surface area contributed by atoms with Gasteiger partial charge in [0.15, 0.2) is 0 Å². The van der Waals surface area contributed by atoms with E-state index in [1.165, 1.54) is 31.4 Å².